The number of methoxy groups -OCH3 is 1. The van der Waals surface area contributed by atoms with E-state index in [0.717, 1.165) is 44.3 Å². The summed E-state index contributed by atoms with van der Waals surface area (Å²) in [6.45, 7) is 11.8. The quantitative estimate of drug-likeness (QED) is 0.530. The zero-order valence-electron chi connectivity index (χ0n) is 17.8. The zero-order chi connectivity index (χ0) is 19.8. The maximum Gasteiger partial charge on any atom is 0.191 e. The molecule has 2 fully saturated rings. The third kappa shape index (κ3) is 5.53. The van der Waals surface area contributed by atoms with Gasteiger partial charge in [0, 0.05) is 38.8 Å². The summed E-state index contributed by atoms with van der Waals surface area (Å²) >= 11 is 0. The van der Waals surface area contributed by atoms with Crippen LogP contribution in [-0.2, 0) is 0 Å². The smallest absolute Gasteiger partial charge is 0.191 e. The molecule has 2 aliphatic rings. The lowest BCUT2D eigenvalue weighted by atomic mass is 10.1. The summed E-state index contributed by atoms with van der Waals surface area (Å²) in [5, 5.41) is 7.09. The molecule has 3 rings (SSSR count). The number of aliphatic imine (C=N–C) groups is 1. The van der Waals surface area contributed by atoms with Crippen LogP contribution >= 0.6 is 0 Å². The lowest BCUT2D eigenvalue weighted by molar-refractivity contribution is 0.326. The van der Waals surface area contributed by atoms with Gasteiger partial charge in [0.25, 0.3) is 0 Å². The molecule has 2 heterocycles. The number of hydrogen-bond acceptors (Lipinski definition) is 4. The molecule has 6 nitrogen and oxygen atoms in total. The molecule has 156 valence electrons. The zero-order valence-corrected chi connectivity index (χ0v) is 17.8. The Labute approximate surface area is 170 Å². The number of ether oxygens (including phenoxy) is 1. The molecule has 0 spiro atoms. The Bertz CT molecular complexity index is 635. The topological polar surface area (TPSA) is 52.1 Å². The fraction of sp³-hybridized carbons (Fsp3) is 0.682. The van der Waals surface area contributed by atoms with Crippen LogP contribution in [0, 0.1) is 5.92 Å². The first-order chi connectivity index (χ1) is 13.7. The van der Waals surface area contributed by atoms with E-state index in [2.05, 4.69) is 46.4 Å². The summed E-state index contributed by atoms with van der Waals surface area (Å²) in [7, 11) is 1.74. The Morgan fingerprint density at radius 1 is 1.18 bits per heavy atom. The van der Waals surface area contributed by atoms with Gasteiger partial charge in [0.1, 0.15) is 5.75 Å². The van der Waals surface area contributed by atoms with E-state index in [9.17, 15) is 0 Å². The van der Waals surface area contributed by atoms with Gasteiger partial charge >= 0.3 is 0 Å². The number of nitrogens with one attached hydrogen (secondary N) is 2. The second-order valence-electron chi connectivity index (χ2n) is 7.92. The Morgan fingerprint density at radius 2 is 2.04 bits per heavy atom. The predicted molar refractivity (Wildman–Crippen MR) is 118 cm³/mol. The third-order valence-electron chi connectivity index (χ3n) is 5.72. The molecule has 1 aromatic carbocycles. The van der Waals surface area contributed by atoms with E-state index < -0.39 is 0 Å². The predicted octanol–water partition coefficient (Wildman–Crippen LogP) is 2.56. The number of rotatable bonds is 8. The van der Waals surface area contributed by atoms with Crippen LogP contribution in [0.4, 0.5) is 5.69 Å². The molecular weight excluding hydrogens is 350 g/mol. The second-order valence-corrected chi connectivity index (χ2v) is 7.92. The van der Waals surface area contributed by atoms with E-state index in [1.807, 2.05) is 12.1 Å². The maximum atomic E-state index is 5.53. The first-order valence-electron chi connectivity index (χ1n) is 10.9. The van der Waals surface area contributed by atoms with Crippen molar-refractivity contribution in [3.05, 3.63) is 24.3 Å². The van der Waals surface area contributed by atoms with Crippen LogP contribution in [0.5, 0.6) is 5.75 Å². The van der Waals surface area contributed by atoms with E-state index >= 15 is 0 Å². The van der Waals surface area contributed by atoms with Crippen LogP contribution < -0.4 is 20.3 Å². The summed E-state index contributed by atoms with van der Waals surface area (Å²) in [4.78, 5) is 9.88. The number of likely N-dealkylation sites (tertiary alicyclic amines) is 1. The molecule has 1 aromatic rings. The molecule has 0 bridgehead atoms. The van der Waals surface area contributed by atoms with Crippen molar-refractivity contribution in [2.24, 2.45) is 10.9 Å². The van der Waals surface area contributed by atoms with Crippen molar-refractivity contribution in [2.45, 2.75) is 39.2 Å². The molecule has 0 radical (unpaired) electrons. The summed E-state index contributed by atoms with van der Waals surface area (Å²) in [5.74, 6) is 2.60. The van der Waals surface area contributed by atoms with Crippen LogP contribution in [0.1, 0.15) is 33.1 Å². The van der Waals surface area contributed by atoms with Gasteiger partial charge in [-0.15, -0.1) is 0 Å². The fourth-order valence-electron chi connectivity index (χ4n) is 4.30. The van der Waals surface area contributed by atoms with Crippen LogP contribution in [0.2, 0.25) is 0 Å². The molecule has 28 heavy (non-hydrogen) atoms. The minimum absolute atomic E-state index is 0.405. The summed E-state index contributed by atoms with van der Waals surface area (Å²) in [6.07, 6.45) is 3.62. The summed E-state index contributed by atoms with van der Waals surface area (Å²) in [6, 6.07) is 8.68. The van der Waals surface area contributed by atoms with Gasteiger partial charge in [-0.25, -0.2) is 0 Å². The number of para-hydroxylation sites is 2. The van der Waals surface area contributed by atoms with Gasteiger partial charge in [0.05, 0.1) is 12.8 Å². The van der Waals surface area contributed by atoms with Crippen molar-refractivity contribution >= 4 is 11.6 Å². The van der Waals surface area contributed by atoms with Gasteiger partial charge in [-0.2, -0.15) is 0 Å². The van der Waals surface area contributed by atoms with Crippen molar-refractivity contribution < 1.29 is 4.74 Å². The first-order valence-corrected chi connectivity index (χ1v) is 10.9. The highest BCUT2D eigenvalue weighted by Crippen LogP contribution is 2.30. The maximum absolute atomic E-state index is 5.53. The highest BCUT2D eigenvalue weighted by atomic mass is 16.5. The van der Waals surface area contributed by atoms with Crippen LogP contribution in [0.25, 0.3) is 0 Å². The first kappa shape index (κ1) is 20.8. The van der Waals surface area contributed by atoms with Gasteiger partial charge in [-0.05, 0) is 57.3 Å². The van der Waals surface area contributed by atoms with Crippen LogP contribution in [0.3, 0.4) is 0 Å². The van der Waals surface area contributed by atoms with Gasteiger partial charge in [0.2, 0.25) is 0 Å². The second kappa shape index (κ2) is 10.6. The number of guanidine groups is 1. The highest BCUT2D eigenvalue weighted by Gasteiger charge is 2.26. The molecular formula is C22H37N5O. The Morgan fingerprint density at radius 3 is 2.82 bits per heavy atom. The highest BCUT2D eigenvalue weighted by molar-refractivity contribution is 5.80. The van der Waals surface area contributed by atoms with Crippen molar-refractivity contribution in [2.75, 3.05) is 57.8 Å². The normalized spacial score (nSPS) is 23.2. The number of nitrogens with zero attached hydrogens (tertiary/aromatic N) is 3. The Kier molecular flexibility index (Phi) is 7.83. The standard InChI is InChI=1S/C22H37N5O/c1-4-12-26-13-10-18(16-26)15-24-22(23-5-2)25-19-11-14-27(17-19)20-8-6-7-9-21(20)28-3/h6-9,18-19H,4-5,10-17H2,1-3H3,(H2,23,24,25). The van der Waals surface area contributed by atoms with Crippen molar-refractivity contribution in [1.29, 1.82) is 0 Å². The minimum Gasteiger partial charge on any atom is -0.495 e. The molecule has 2 saturated heterocycles. The van der Waals surface area contributed by atoms with Crippen LogP contribution in [-0.4, -0.2) is 69.8 Å². The number of benzene rings is 1. The van der Waals surface area contributed by atoms with Crippen molar-refractivity contribution in [3.63, 3.8) is 0 Å². The van der Waals surface area contributed by atoms with Gasteiger partial charge in [-0.3, -0.25) is 4.99 Å². The van der Waals surface area contributed by atoms with Crippen LogP contribution in [0.15, 0.2) is 29.3 Å². The average Bonchev–Trinajstić information content (AvgIpc) is 3.36. The number of hydrogen-bond donors (Lipinski definition) is 2. The van der Waals surface area contributed by atoms with Gasteiger partial charge in [-0.1, -0.05) is 19.1 Å². The van der Waals surface area contributed by atoms with E-state index in [4.69, 9.17) is 9.73 Å². The Balaban J connectivity index is 1.53. The Hall–Kier alpha value is -1.95. The molecule has 2 N–H and O–H groups in total. The van der Waals surface area contributed by atoms with Crippen molar-refractivity contribution in [1.82, 2.24) is 15.5 Å². The van der Waals surface area contributed by atoms with E-state index in [-0.39, 0.29) is 0 Å². The molecule has 6 heteroatoms. The fourth-order valence-corrected chi connectivity index (χ4v) is 4.30. The molecule has 0 amide bonds. The number of anilines is 1. The van der Waals surface area contributed by atoms with E-state index in [1.54, 1.807) is 7.11 Å². The van der Waals surface area contributed by atoms with Gasteiger partial charge in [0.15, 0.2) is 5.96 Å². The SMILES string of the molecule is CCCN1CCC(CN=C(NCC)NC2CCN(c3ccccc3OC)C2)C1. The molecule has 2 aliphatic heterocycles. The van der Waals surface area contributed by atoms with Crippen molar-refractivity contribution in [3.8, 4) is 5.75 Å². The van der Waals surface area contributed by atoms with E-state index in [0.29, 0.717) is 12.0 Å². The van der Waals surface area contributed by atoms with Gasteiger partial charge < -0.3 is 25.2 Å². The third-order valence-corrected chi connectivity index (χ3v) is 5.72. The monoisotopic (exact) mass is 387 g/mol. The summed E-state index contributed by atoms with van der Waals surface area (Å²) in [5.41, 5.74) is 1.18. The lowest BCUT2D eigenvalue weighted by Crippen LogP contribution is -2.45. The van der Waals surface area contributed by atoms with E-state index in [1.165, 1.54) is 38.2 Å². The summed E-state index contributed by atoms with van der Waals surface area (Å²) < 4.78 is 5.53. The largest absolute Gasteiger partial charge is 0.495 e. The average molecular weight is 388 g/mol. The minimum atomic E-state index is 0.405. The molecule has 2 unspecified atom stereocenters. The molecule has 2 atom stereocenters. The molecule has 0 aromatic heterocycles. The molecule has 0 aliphatic carbocycles. The molecule has 0 saturated carbocycles. The lowest BCUT2D eigenvalue weighted by Gasteiger charge is -2.22.